The predicted octanol–water partition coefficient (Wildman–Crippen LogP) is 4.02. The fourth-order valence-corrected chi connectivity index (χ4v) is 3.46. The quantitative estimate of drug-likeness (QED) is 0.724. The van der Waals surface area contributed by atoms with Gasteiger partial charge < -0.3 is 10.2 Å². The number of nitrogens with one attached hydrogen (secondary N) is 1. The summed E-state index contributed by atoms with van der Waals surface area (Å²) in [7, 11) is 0. The van der Waals surface area contributed by atoms with Crippen molar-refractivity contribution in [1.29, 1.82) is 0 Å². The zero-order valence-corrected chi connectivity index (χ0v) is 14.9. The summed E-state index contributed by atoms with van der Waals surface area (Å²) in [5.41, 5.74) is 1.53. The molecule has 1 saturated heterocycles. The van der Waals surface area contributed by atoms with Crippen molar-refractivity contribution in [3.8, 4) is 0 Å². The lowest BCUT2D eigenvalue weighted by Crippen LogP contribution is -2.61. The fraction of sp³-hybridized carbons (Fsp3) is 0.571. The van der Waals surface area contributed by atoms with Crippen LogP contribution in [0.1, 0.15) is 27.2 Å². The number of halogens is 2. The first-order valence-corrected chi connectivity index (χ1v) is 8.27. The van der Waals surface area contributed by atoms with Crippen molar-refractivity contribution in [3.63, 3.8) is 0 Å². The van der Waals surface area contributed by atoms with Crippen LogP contribution >= 0.6 is 38.5 Å². The normalized spacial score (nSPS) is 23.2. The number of piperazine rings is 1. The molecule has 1 atom stereocenters. The summed E-state index contributed by atoms with van der Waals surface area (Å²) in [6.07, 6.45) is 1.17. The standard InChI is InChI=1S/C14H20BrIN2/c1-4-11-8-17-14(2,3)9-18(11)13-7-10(15)5-6-12(13)16/h5-7,11,17H,4,8-9H2,1-3H3. The van der Waals surface area contributed by atoms with Gasteiger partial charge in [0.2, 0.25) is 0 Å². The van der Waals surface area contributed by atoms with Crippen LogP contribution in [0.4, 0.5) is 5.69 Å². The Morgan fingerprint density at radius 3 is 2.89 bits per heavy atom. The summed E-state index contributed by atoms with van der Waals surface area (Å²) in [5, 5.41) is 3.64. The zero-order valence-electron chi connectivity index (χ0n) is 11.1. The fourth-order valence-electron chi connectivity index (χ4n) is 2.47. The number of anilines is 1. The van der Waals surface area contributed by atoms with E-state index in [0.717, 1.165) is 17.6 Å². The number of nitrogens with zero attached hydrogens (tertiary/aromatic N) is 1. The second kappa shape index (κ2) is 5.67. The smallest absolute Gasteiger partial charge is 0.0516 e. The highest BCUT2D eigenvalue weighted by atomic mass is 127. The van der Waals surface area contributed by atoms with Crippen LogP contribution < -0.4 is 10.2 Å². The lowest BCUT2D eigenvalue weighted by molar-refractivity contribution is 0.306. The second-order valence-electron chi connectivity index (χ2n) is 5.55. The minimum atomic E-state index is 0.178. The minimum absolute atomic E-state index is 0.178. The van der Waals surface area contributed by atoms with Gasteiger partial charge in [-0.15, -0.1) is 0 Å². The maximum atomic E-state index is 3.64. The monoisotopic (exact) mass is 422 g/mol. The molecule has 0 aromatic heterocycles. The van der Waals surface area contributed by atoms with Crippen molar-refractivity contribution >= 4 is 44.2 Å². The maximum Gasteiger partial charge on any atom is 0.0516 e. The van der Waals surface area contributed by atoms with E-state index in [2.05, 4.69) is 87.7 Å². The van der Waals surface area contributed by atoms with E-state index in [9.17, 15) is 0 Å². The number of benzene rings is 1. The Balaban J connectivity index is 2.35. The molecule has 2 nitrogen and oxygen atoms in total. The molecule has 0 spiro atoms. The molecule has 1 aromatic rings. The molecular formula is C14H20BrIN2. The van der Waals surface area contributed by atoms with Crippen molar-refractivity contribution in [2.75, 3.05) is 18.0 Å². The maximum absolute atomic E-state index is 3.64. The molecule has 1 aliphatic heterocycles. The highest BCUT2D eigenvalue weighted by Crippen LogP contribution is 2.31. The first kappa shape index (κ1) is 14.6. The molecule has 1 N–H and O–H groups in total. The molecular weight excluding hydrogens is 403 g/mol. The van der Waals surface area contributed by atoms with E-state index in [-0.39, 0.29) is 5.54 Å². The summed E-state index contributed by atoms with van der Waals surface area (Å²) in [6.45, 7) is 8.93. The number of rotatable bonds is 2. The lowest BCUT2D eigenvalue weighted by Gasteiger charge is -2.46. The molecule has 18 heavy (non-hydrogen) atoms. The van der Waals surface area contributed by atoms with Crippen molar-refractivity contribution in [3.05, 3.63) is 26.2 Å². The van der Waals surface area contributed by atoms with Crippen LogP contribution in [0.15, 0.2) is 22.7 Å². The average molecular weight is 423 g/mol. The molecule has 2 rings (SSSR count). The summed E-state index contributed by atoms with van der Waals surface area (Å²) < 4.78 is 2.48. The van der Waals surface area contributed by atoms with Gasteiger partial charge in [0, 0.05) is 32.7 Å². The van der Waals surface area contributed by atoms with Gasteiger partial charge in [0.05, 0.1) is 5.69 Å². The van der Waals surface area contributed by atoms with Crippen molar-refractivity contribution in [2.24, 2.45) is 0 Å². The molecule has 0 aliphatic carbocycles. The number of hydrogen-bond donors (Lipinski definition) is 1. The van der Waals surface area contributed by atoms with Gasteiger partial charge in [-0.05, 0) is 61.1 Å². The minimum Gasteiger partial charge on any atom is -0.365 e. The highest BCUT2D eigenvalue weighted by Gasteiger charge is 2.32. The van der Waals surface area contributed by atoms with Crippen LogP contribution in [-0.2, 0) is 0 Å². The van der Waals surface area contributed by atoms with Crippen LogP contribution in [0, 0.1) is 3.57 Å². The van der Waals surface area contributed by atoms with Crippen LogP contribution in [0.5, 0.6) is 0 Å². The van der Waals surface area contributed by atoms with E-state index >= 15 is 0 Å². The Labute approximate surface area is 132 Å². The Kier molecular flexibility index (Phi) is 4.60. The summed E-state index contributed by atoms with van der Waals surface area (Å²) in [5.74, 6) is 0. The van der Waals surface area contributed by atoms with Gasteiger partial charge in [-0.1, -0.05) is 22.9 Å². The van der Waals surface area contributed by atoms with Gasteiger partial charge >= 0.3 is 0 Å². The molecule has 4 heteroatoms. The van der Waals surface area contributed by atoms with E-state index in [1.54, 1.807) is 0 Å². The Morgan fingerprint density at radius 1 is 1.50 bits per heavy atom. The third kappa shape index (κ3) is 3.20. The molecule has 1 fully saturated rings. The number of hydrogen-bond acceptors (Lipinski definition) is 2. The Hall–Kier alpha value is 0.190. The van der Waals surface area contributed by atoms with Crippen molar-refractivity contribution in [2.45, 2.75) is 38.8 Å². The van der Waals surface area contributed by atoms with Crippen molar-refractivity contribution in [1.82, 2.24) is 5.32 Å². The average Bonchev–Trinajstić information content (AvgIpc) is 2.31. The predicted molar refractivity (Wildman–Crippen MR) is 90.4 cm³/mol. The largest absolute Gasteiger partial charge is 0.365 e. The summed E-state index contributed by atoms with van der Waals surface area (Å²) in [6, 6.07) is 7.12. The first-order valence-electron chi connectivity index (χ1n) is 6.39. The van der Waals surface area contributed by atoms with Crippen molar-refractivity contribution < 1.29 is 0 Å². The lowest BCUT2D eigenvalue weighted by atomic mass is 9.97. The topological polar surface area (TPSA) is 15.3 Å². The molecule has 1 unspecified atom stereocenters. The van der Waals surface area contributed by atoms with E-state index in [1.807, 2.05) is 0 Å². The zero-order chi connectivity index (χ0) is 13.3. The second-order valence-corrected chi connectivity index (χ2v) is 7.63. The van der Waals surface area contributed by atoms with Gasteiger partial charge in [0.25, 0.3) is 0 Å². The Morgan fingerprint density at radius 2 is 2.22 bits per heavy atom. The third-order valence-electron chi connectivity index (χ3n) is 3.51. The summed E-state index contributed by atoms with van der Waals surface area (Å²) >= 11 is 6.02. The van der Waals surface area contributed by atoms with E-state index < -0.39 is 0 Å². The van der Waals surface area contributed by atoms with E-state index in [1.165, 1.54) is 15.7 Å². The third-order valence-corrected chi connectivity index (χ3v) is 4.92. The van der Waals surface area contributed by atoms with Gasteiger partial charge in [-0.3, -0.25) is 0 Å². The molecule has 1 heterocycles. The highest BCUT2D eigenvalue weighted by molar-refractivity contribution is 14.1. The Bertz CT molecular complexity index is 434. The first-order chi connectivity index (χ1) is 8.43. The molecule has 1 aromatic carbocycles. The van der Waals surface area contributed by atoms with Crippen LogP contribution in [0.2, 0.25) is 0 Å². The van der Waals surface area contributed by atoms with Crippen LogP contribution in [0.25, 0.3) is 0 Å². The SMILES string of the molecule is CCC1CNC(C)(C)CN1c1cc(Br)ccc1I. The summed E-state index contributed by atoms with van der Waals surface area (Å²) in [4.78, 5) is 2.56. The molecule has 0 saturated carbocycles. The van der Waals surface area contributed by atoms with Crippen LogP contribution in [-0.4, -0.2) is 24.7 Å². The van der Waals surface area contributed by atoms with Gasteiger partial charge in [-0.2, -0.15) is 0 Å². The molecule has 1 aliphatic rings. The molecule has 0 radical (unpaired) electrons. The molecule has 0 amide bonds. The van der Waals surface area contributed by atoms with Gasteiger partial charge in [0.1, 0.15) is 0 Å². The van der Waals surface area contributed by atoms with Gasteiger partial charge in [0.15, 0.2) is 0 Å². The van der Waals surface area contributed by atoms with Crippen LogP contribution in [0.3, 0.4) is 0 Å². The molecule has 100 valence electrons. The van der Waals surface area contributed by atoms with Gasteiger partial charge in [-0.25, -0.2) is 0 Å². The van der Waals surface area contributed by atoms with E-state index in [0.29, 0.717) is 6.04 Å². The van der Waals surface area contributed by atoms with E-state index in [4.69, 9.17) is 0 Å². The molecule has 0 bridgehead atoms.